The van der Waals surface area contributed by atoms with Crippen LogP contribution in [0.1, 0.15) is 60.0 Å². The molecule has 150 valence electrons. The number of likely N-dealkylation sites (tertiary alicyclic amines) is 1. The van der Waals surface area contributed by atoms with Crippen LogP contribution in [0, 0.1) is 0 Å². The van der Waals surface area contributed by atoms with E-state index in [-0.39, 0.29) is 17.4 Å². The number of piperidine rings is 1. The van der Waals surface area contributed by atoms with Crippen LogP contribution in [0.4, 0.5) is 0 Å². The van der Waals surface area contributed by atoms with Crippen molar-refractivity contribution in [2.24, 2.45) is 0 Å². The van der Waals surface area contributed by atoms with Crippen LogP contribution in [0.3, 0.4) is 0 Å². The Labute approximate surface area is 168 Å². The number of carbonyl (C=O) groups excluding carboxylic acids is 1. The Hall–Kier alpha value is -2.96. The van der Waals surface area contributed by atoms with Crippen molar-refractivity contribution in [3.63, 3.8) is 0 Å². The summed E-state index contributed by atoms with van der Waals surface area (Å²) < 4.78 is 7.62. The Morgan fingerprint density at radius 3 is 2.90 bits per heavy atom. The zero-order chi connectivity index (χ0) is 19.8. The fourth-order valence-corrected chi connectivity index (χ4v) is 4.56. The zero-order valence-corrected chi connectivity index (χ0v) is 16.3. The first kappa shape index (κ1) is 18.1. The summed E-state index contributed by atoms with van der Waals surface area (Å²) in [6.45, 7) is 2.15. The van der Waals surface area contributed by atoms with Crippen molar-refractivity contribution >= 4 is 16.9 Å². The van der Waals surface area contributed by atoms with Gasteiger partial charge in [-0.15, -0.1) is 10.2 Å². The highest BCUT2D eigenvalue weighted by molar-refractivity contribution is 5.96. The number of rotatable bonds is 2. The van der Waals surface area contributed by atoms with E-state index in [0.29, 0.717) is 18.7 Å². The Balaban J connectivity index is 1.41. The normalized spacial score (nSPS) is 19.7. The van der Waals surface area contributed by atoms with Crippen molar-refractivity contribution in [2.75, 3.05) is 13.1 Å². The van der Waals surface area contributed by atoms with E-state index in [2.05, 4.69) is 14.8 Å². The predicted molar refractivity (Wildman–Crippen MR) is 108 cm³/mol. The van der Waals surface area contributed by atoms with Gasteiger partial charge in [0.15, 0.2) is 0 Å². The first-order chi connectivity index (χ1) is 14.2. The Kier molecular flexibility index (Phi) is 4.66. The Morgan fingerprint density at radius 2 is 1.97 bits per heavy atom. The standard InChI is InChI=1S/C22H24N4O3/c27-21(17-13-15-7-3-4-9-18(15)29-22(17)28)25-11-6-8-16(14-25)20-24-23-19-10-2-1-5-12-26(19)20/h3-4,7,9,13,16H,1-2,5-6,8,10-12,14H2/t16-/m0/s1. The van der Waals surface area contributed by atoms with Gasteiger partial charge in [-0.2, -0.15) is 0 Å². The first-order valence-corrected chi connectivity index (χ1v) is 10.4. The molecule has 0 N–H and O–H groups in total. The van der Waals surface area contributed by atoms with E-state index in [4.69, 9.17) is 4.42 Å². The molecule has 0 spiro atoms. The number of aromatic nitrogens is 3. The van der Waals surface area contributed by atoms with E-state index >= 15 is 0 Å². The zero-order valence-electron chi connectivity index (χ0n) is 16.3. The number of aryl methyl sites for hydroxylation is 1. The predicted octanol–water partition coefficient (Wildman–Crippen LogP) is 3.13. The molecule has 1 atom stereocenters. The lowest BCUT2D eigenvalue weighted by Crippen LogP contribution is -2.41. The highest BCUT2D eigenvalue weighted by atomic mass is 16.4. The molecule has 1 fully saturated rings. The van der Waals surface area contributed by atoms with Gasteiger partial charge in [-0.1, -0.05) is 24.6 Å². The number of carbonyl (C=O) groups is 1. The summed E-state index contributed by atoms with van der Waals surface area (Å²) in [6, 6.07) is 8.91. The molecule has 4 heterocycles. The minimum Gasteiger partial charge on any atom is -0.422 e. The maximum Gasteiger partial charge on any atom is 0.349 e. The van der Waals surface area contributed by atoms with E-state index in [1.54, 1.807) is 17.0 Å². The smallest absolute Gasteiger partial charge is 0.349 e. The molecule has 0 saturated carbocycles. The lowest BCUT2D eigenvalue weighted by atomic mass is 9.96. The molecule has 2 aromatic heterocycles. The molecule has 29 heavy (non-hydrogen) atoms. The molecule has 7 nitrogen and oxygen atoms in total. The molecule has 2 aliphatic heterocycles. The molecule has 3 aromatic rings. The van der Waals surface area contributed by atoms with Crippen molar-refractivity contribution in [3.8, 4) is 0 Å². The van der Waals surface area contributed by atoms with Gasteiger partial charge < -0.3 is 13.9 Å². The molecule has 0 unspecified atom stereocenters. The van der Waals surface area contributed by atoms with E-state index in [1.807, 2.05) is 18.2 Å². The monoisotopic (exact) mass is 392 g/mol. The minimum atomic E-state index is -0.577. The molecule has 0 bridgehead atoms. The van der Waals surface area contributed by atoms with Crippen LogP contribution < -0.4 is 5.63 Å². The van der Waals surface area contributed by atoms with Gasteiger partial charge in [0.05, 0.1) is 0 Å². The van der Waals surface area contributed by atoms with Crippen molar-refractivity contribution in [1.29, 1.82) is 0 Å². The second kappa shape index (κ2) is 7.46. The van der Waals surface area contributed by atoms with E-state index in [9.17, 15) is 9.59 Å². The summed E-state index contributed by atoms with van der Waals surface area (Å²) in [6.07, 6.45) is 6.36. The SMILES string of the molecule is O=C(c1cc2ccccc2oc1=O)N1CCC[C@H](c2nnc3n2CCCCC3)C1. The lowest BCUT2D eigenvalue weighted by molar-refractivity contribution is 0.0699. The third-order valence-electron chi connectivity index (χ3n) is 6.08. The molecule has 0 radical (unpaired) electrons. The van der Waals surface area contributed by atoms with Gasteiger partial charge in [0.1, 0.15) is 22.8 Å². The third kappa shape index (κ3) is 3.34. The van der Waals surface area contributed by atoms with Gasteiger partial charge in [-0.3, -0.25) is 4.79 Å². The summed E-state index contributed by atoms with van der Waals surface area (Å²) in [5, 5.41) is 9.65. The van der Waals surface area contributed by atoms with Gasteiger partial charge in [-0.25, -0.2) is 4.79 Å². The molecular formula is C22H24N4O3. The van der Waals surface area contributed by atoms with Crippen LogP contribution in [0.25, 0.3) is 11.0 Å². The molecular weight excluding hydrogens is 368 g/mol. The molecule has 1 amide bonds. The van der Waals surface area contributed by atoms with Crippen molar-refractivity contribution in [3.05, 3.63) is 58.0 Å². The van der Waals surface area contributed by atoms with Crippen LogP contribution in [0.5, 0.6) is 0 Å². The van der Waals surface area contributed by atoms with Crippen LogP contribution in [-0.2, 0) is 13.0 Å². The van der Waals surface area contributed by atoms with Gasteiger partial charge in [0.2, 0.25) is 0 Å². The largest absolute Gasteiger partial charge is 0.422 e. The second-order valence-electron chi connectivity index (χ2n) is 8.01. The van der Waals surface area contributed by atoms with Crippen molar-refractivity contribution < 1.29 is 9.21 Å². The van der Waals surface area contributed by atoms with E-state index in [0.717, 1.165) is 55.7 Å². The third-order valence-corrected chi connectivity index (χ3v) is 6.08. The van der Waals surface area contributed by atoms with Gasteiger partial charge in [-0.05, 0) is 37.8 Å². The summed E-state index contributed by atoms with van der Waals surface area (Å²) >= 11 is 0. The lowest BCUT2D eigenvalue weighted by Gasteiger charge is -2.32. The van der Waals surface area contributed by atoms with Crippen molar-refractivity contribution in [1.82, 2.24) is 19.7 Å². The highest BCUT2D eigenvalue weighted by Gasteiger charge is 2.31. The topological polar surface area (TPSA) is 81.2 Å². The molecule has 5 rings (SSSR count). The molecule has 0 aliphatic carbocycles. The number of hydrogen-bond donors (Lipinski definition) is 0. The maximum atomic E-state index is 13.1. The number of para-hydroxylation sites is 1. The van der Waals surface area contributed by atoms with Gasteiger partial charge >= 0.3 is 5.63 Å². The molecule has 1 saturated heterocycles. The maximum absolute atomic E-state index is 13.1. The molecule has 7 heteroatoms. The quantitative estimate of drug-likeness (QED) is 0.626. The fourth-order valence-electron chi connectivity index (χ4n) is 4.56. The van der Waals surface area contributed by atoms with Gasteiger partial charge in [0, 0.05) is 37.4 Å². The first-order valence-electron chi connectivity index (χ1n) is 10.4. The Bertz CT molecular complexity index is 1120. The summed E-state index contributed by atoms with van der Waals surface area (Å²) in [4.78, 5) is 27.3. The number of nitrogens with zero attached hydrogens (tertiary/aromatic N) is 4. The van der Waals surface area contributed by atoms with Gasteiger partial charge in [0.25, 0.3) is 5.91 Å². The van der Waals surface area contributed by atoms with Crippen LogP contribution in [0.2, 0.25) is 0 Å². The molecule has 1 aromatic carbocycles. The number of fused-ring (bicyclic) bond motifs is 2. The van der Waals surface area contributed by atoms with E-state index in [1.165, 1.54) is 6.42 Å². The van der Waals surface area contributed by atoms with Crippen LogP contribution in [-0.4, -0.2) is 38.7 Å². The average molecular weight is 392 g/mol. The van der Waals surface area contributed by atoms with Crippen LogP contribution >= 0.6 is 0 Å². The summed E-state index contributed by atoms with van der Waals surface area (Å²) in [5.74, 6) is 1.95. The summed E-state index contributed by atoms with van der Waals surface area (Å²) in [7, 11) is 0. The average Bonchev–Trinajstić information content (AvgIpc) is 3.01. The number of amides is 1. The highest BCUT2D eigenvalue weighted by Crippen LogP contribution is 2.28. The van der Waals surface area contributed by atoms with E-state index < -0.39 is 5.63 Å². The number of hydrogen-bond acceptors (Lipinski definition) is 5. The fraction of sp³-hybridized carbons (Fsp3) is 0.455. The summed E-state index contributed by atoms with van der Waals surface area (Å²) in [5.41, 5.74) is 0.0216. The van der Waals surface area contributed by atoms with Crippen molar-refractivity contribution in [2.45, 2.75) is 51.0 Å². The van der Waals surface area contributed by atoms with Crippen LogP contribution in [0.15, 0.2) is 39.5 Å². The minimum absolute atomic E-state index is 0.101. The molecule has 2 aliphatic rings. The Morgan fingerprint density at radius 1 is 1.07 bits per heavy atom. The number of benzene rings is 1. The second-order valence-corrected chi connectivity index (χ2v) is 8.01.